The molecule has 0 fully saturated rings. The maximum Gasteiger partial charge on any atom is 0.198 e. The maximum atomic E-state index is 11.3. The van der Waals surface area contributed by atoms with Gasteiger partial charge in [-0.25, -0.2) is 0 Å². The smallest absolute Gasteiger partial charge is 0.198 e. The van der Waals surface area contributed by atoms with E-state index < -0.39 is 0 Å². The number of carbonyl (C=O) groups is 1. The highest BCUT2D eigenvalue weighted by Crippen LogP contribution is 2.04. The molecule has 20 heavy (non-hydrogen) atoms. The Morgan fingerprint density at radius 1 is 0.900 bits per heavy atom. The van der Waals surface area contributed by atoms with Crippen molar-refractivity contribution in [2.45, 2.75) is 64.7 Å². The Balaban J connectivity index is 3.43. The zero-order valence-electron chi connectivity index (χ0n) is 12.6. The Morgan fingerprint density at radius 2 is 1.55 bits per heavy atom. The summed E-state index contributed by atoms with van der Waals surface area (Å²) in [5.74, 6) is 0.175. The van der Waals surface area contributed by atoms with Crippen molar-refractivity contribution in [3.8, 4) is 0 Å². The van der Waals surface area contributed by atoms with Crippen molar-refractivity contribution in [3.63, 3.8) is 0 Å². The molecule has 0 aliphatic carbocycles. The molecule has 0 amide bonds. The summed E-state index contributed by atoms with van der Waals surface area (Å²) in [7, 11) is 0. The molecular weight excluding hydrogens is 248 g/mol. The van der Waals surface area contributed by atoms with Crippen LogP contribution in [0.25, 0.3) is 0 Å². The van der Waals surface area contributed by atoms with Crippen molar-refractivity contribution < 1.29 is 9.59 Å². The minimum Gasteiger partial charge on any atom is -0.300 e. The molecule has 0 aliphatic heterocycles. The highest BCUT2D eigenvalue weighted by atomic mass is 16.1. The molecule has 0 aromatic heterocycles. The molecular formula is C18H27O2. The van der Waals surface area contributed by atoms with Gasteiger partial charge in [0.25, 0.3) is 0 Å². The molecule has 0 atom stereocenters. The van der Waals surface area contributed by atoms with E-state index >= 15 is 0 Å². The second-order valence-electron chi connectivity index (χ2n) is 4.81. The molecule has 0 aromatic carbocycles. The number of unbranched alkanes of at least 4 members (excludes halogenated alkanes) is 4. The van der Waals surface area contributed by atoms with E-state index in [1.807, 2.05) is 18.2 Å². The van der Waals surface area contributed by atoms with Gasteiger partial charge in [-0.2, -0.15) is 0 Å². The van der Waals surface area contributed by atoms with E-state index in [9.17, 15) is 9.59 Å². The van der Waals surface area contributed by atoms with E-state index in [4.69, 9.17) is 0 Å². The van der Waals surface area contributed by atoms with E-state index in [-0.39, 0.29) is 12.2 Å². The van der Waals surface area contributed by atoms with Crippen LogP contribution >= 0.6 is 0 Å². The summed E-state index contributed by atoms with van der Waals surface area (Å²) in [5.41, 5.74) is 0. The molecule has 0 spiro atoms. The van der Waals surface area contributed by atoms with Crippen LogP contribution in [0.15, 0.2) is 36.5 Å². The zero-order chi connectivity index (χ0) is 14.9. The lowest BCUT2D eigenvalue weighted by Crippen LogP contribution is -1.97. The van der Waals surface area contributed by atoms with Crippen molar-refractivity contribution in [2.75, 3.05) is 0 Å². The van der Waals surface area contributed by atoms with E-state index in [1.165, 1.54) is 12.8 Å². The van der Waals surface area contributed by atoms with E-state index in [0.29, 0.717) is 12.8 Å². The minimum atomic E-state index is 0.175. The van der Waals surface area contributed by atoms with Gasteiger partial charge in [-0.05, 0) is 25.7 Å². The Morgan fingerprint density at radius 3 is 2.15 bits per heavy atom. The van der Waals surface area contributed by atoms with Crippen molar-refractivity contribution in [2.24, 2.45) is 0 Å². The van der Waals surface area contributed by atoms with Crippen LogP contribution in [0.3, 0.4) is 0 Å². The highest BCUT2D eigenvalue weighted by Gasteiger charge is 2.00. The SMILES string of the molecule is CCCC/C=C/C=C/C=C/CCCCC(=O)CC[C]=O. The van der Waals surface area contributed by atoms with Crippen molar-refractivity contribution in [3.05, 3.63) is 36.5 Å². The van der Waals surface area contributed by atoms with Crippen LogP contribution in [-0.2, 0) is 9.59 Å². The normalized spacial score (nSPS) is 11.8. The highest BCUT2D eigenvalue weighted by molar-refractivity contribution is 5.80. The van der Waals surface area contributed by atoms with Crippen LogP contribution in [0.5, 0.6) is 0 Å². The number of Topliss-reactive ketones (excluding diaryl/α,β-unsaturated/α-hetero) is 1. The molecule has 0 saturated heterocycles. The number of rotatable bonds is 13. The first kappa shape index (κ1) is 18.6. The molecule has 2 heteroatoms. The van der Waals surface area contributed by atoms with Gasteiger partial charge in [-0.15, -0.1) is 0 Å². The summed E-state index contributed by atoms with van der Waals surface area (Å²) < 4.78 is 0. The van der Waals surface area contributed by atoms with Gasteiger partial charge in [0, 0.05) is 19.3 Å². The summed E-state index contributed by atoms with van der Waals surface area (Å²) in [6.07, 6.45) is 22.0. The fraction of sp³-hybridized carbons (Fsp3) is 0.556. The monoisotopic (exact) mass is 275 g/mol. The lowest BCUT2D eigenvalue weighted by atomic mass is 10.1. The number of allylic oxidation sites excluding steroid dienone is 6. The van der Waals surface area contributed by atoms with Gasteiger partial charge in [-0.1, -0.05) is 56.2 Å². The van der Waals surface area contributed by atoms with Crippen LogP contribution in [0, 0.1) is 0 Å². The molecule has 0 heterocycles. The molecule has 0 N–H and O–H groups in total. The number of hydrogen-bond donors (Lipinski definition) is 0. The Bertz CT molecular complexity index is 324. The van der Waals surface area contributed by atoms with Crippen LogP contribution < -0.4 is 0 Å². The third-order valence-electron chi connectivity index (χ3n) is 2.91. The minimum absolute atomic E-state index is 0.175. The summed E-state index contributed by atoms with van der Waals surface area (Å²) in [6.45, 7) is 2.20. The van der Waals surface area contributed by atoms with Crippen LogP contribution in [-0.4, -0.2) is 12.1 Å². The summed E-state index contributed by atoms with van der Waals surface area (Å²) in [6, 6.07) is 0. The first-order valence-electron chi connectivity index (χ1n) is 7.66. The molecule has 0 saturated carbocycles. The number of ketones is 1. The molecule has 0 rings (SSSR count). The summed E-state index contributed by atoms with van der Waals surface area (Å²) >= 11 is 0. The molecule has 111 valence electrons. The fourth-order valence-electron chi connectivity index (χ4n) is 1.70. The van der Waals surface area contributed by atoms with Crippen molar-refractivity contribution in [1.29, 1.82) is 0 Å². The largest absolute Gasteiger partial charge is 0.300 e. The lowest BCUT2D eigenvalue weighted by Gasteiger charge is -1.96. The predicted molar refractivity (Wildman–Crippen MR) is 85.3 cm³/mol. The standard InChI is InChI=1S/C18H27O2/c1-2-3-4-5-6-7-8-9-10-11-12-13-15-18(20)16-14-17-19/h5-10H,2-4,11-16H2,1H3/b6-5+,8-7+,10-9+. The molecule has 0 unspecified atom stereocenters. The van der Waals surface area contributed by atoms with Crippen molar-refractivity contribution in [1.82, 2.24) is 0 Å². The van der Waals surface area contributed by atoms with Crippen molar-refractivity contribution >= 4 is 12.1 Å². The van der Waals surface area contributed by atoms with Gasteiger partial charge in [-0.3, -0.25) is 9.59 Å². The zero-order valence-corrected chi connectivity index (χ0v) is 12.6. The quantitative estimate of drug-likeness (QED) is 0.355. The molecule has 0 aromatic rings. The van der Waals surface area contributed by atoms with E-state index in [0.717, 1.165) is 25.7 Å². The molecule has 1 radical (unpaired) electrons. The number of carbonyl (C=O) groups excluding carboxylic acids is 2. The van der Waals surface area contributed by atoms with E-state index in [1.54, 1.807) is 6.29 Å². The topological polar surface area (TPSA) is 34.1 Å². The first-order valence-corrected chi connectivity index (χ1v) is 7.66. The predicted octanol–water partition coefficient (Wildman–Crippen LogP) is 4.86. The van der Waals surface area contributed by atoms with Gasteiger partial charge in [0.15, 0.2) is 6.29 Å². The molecule has 0 bridgehead atoms. The van der Waals surface area contributed by atoms with Gasteiger partial charge in [0.2, 0.25) is 0 Å². The first-order chi connectivity index (χ1) is 9.81. The summed E-state index contributed by atoms with van der Waals surface area (Å²) in [4.78, 5) is 21.3. The maximum absolute atomic E-state index is 11.3. The summed E-state index contributed by atoms with van der Waals surface area (Å²) in [5, 5.41) is 0. The molecule has 2 nitrogen and oxygen atoms in total. The van der Waals surface area contributed by atoms with Gasteiger partial charge >= 0.3 is 0 Å². The second-order valence-corrected chi connectivity index (χ2v) is 4.81. The van der Waals surface area contributed by atoms with Gasteiger partial charge in [0.1, 0.15) is 5.78 Å². The molecule has 0 aliphatic rings. The Hall–Kier alpha value is -1.44. The fourth-order valence-corrected chi connectivity index (χ4v) is 1.70. The Labute approximate surface area is 123 Å². The average molecular weight is 275 g/mol. The second kappa shape index (κ2) is 15.6. The van der Waals surface area contributed by atoms with Crippen LogP contribution in [0.1, 0.15) is 64.7 Å². The number of hydrogen-bond acceptors (Lipinski definition) is 2. The van der Waals surface area contributed by atoms with E-state index in [2.05, 4.69) is 25.2 Å². The van der Waals surface area contributed by atoms with Crippen LogP contribution in [0.4, 0.5) is 0 Å². The Kier molecular flexibility index (Phi) is 14.5. The third kappa shape index (κ3) is 14.6. The van der Waals surface area contributed by atoms with Crippen LogP contribution in [0.2, 0.25) is 0 Å². The van der Waals surface area contributed by atoms with Gasteiger partial charge < -0.3 is 0 Å². The van der Waals surface area contributed by atoms with Gasteiger partial charge in [0.05, 0.1) is 0 Å². The average Bonchev–Trinajstić information content (AvgIpc) is 2.46. The third-order valence-corrected chi connectivity index (χ3v) is 2.91. The lowest BCUT2D eigenvalue weighted by molar-refractivity contribution is -0.119.